The van der Waals surface area contributed by atoms with Gasteiger partial charge in [-0.25, -0.2) is 0 Å². The largest absolute Gasteiger partial charge is 0.325 e. The molecule has 1 heterocycles. The Balaban J connectivity index is 1.78. The van der Waals surface area contributed by atoms with Crippen LogP contribution in [-0.4, -0.2) is 10.9 Å². The van der Waals surface area contributed by atoms with Crippen LogP contribution in [0.4, 0.5) is 5.69 Å². The van der Waals surface area contributed by atoms with E-state index in [0.717, 1.165) is 50.1 Å². The summed E-state index contributed by atoms with van der Waals surface area (Å²) in [7, 11) is 0. The summed E-state index contributed by atoms with van der Waals surface area (Å²) in [6.45, 7) is 8.33. The lowest BCUT2D eigenvalue weighted by Crippen LogP contribution is -2.18. The molecule has 0 aliphatic heterocycles. The van der Waals surface area contributed by atoms with Crippen LogP contribution in [0.15, 0.2) is 72.8 Å². The van der Waals surface area contributed by atoms with Gasteiger partial charge in [0.25, 0.3) is 0 Å². The zero-order valence-corrected chi connectivity index (χ0v) is 18.6. The fourth-order valence-electron chi connectivity index (χ4n) is 4.21. The van der Waals surface area contributed by atoms with Gasteiger partial charge in [0, 0.05) is 16.8 Å². The van der Waals surface area contributed by atoms with E-state index >= 15 is 0 Å². The summed E-state index contributed by atoms with van der Waals surface area (Å²) < 4.78 is 0. The van der Waals surface area contributed by atoms with Crippen LogP contribution in [0.3, 0.4) is 0 Å². The van der Waals surface area contributed by atoms with E-state index < -0.39 is 0 Å². The van der Waals surface area contributed by atoms with E-state index in [-0.39, 0.29) is 12.3 Å². The molecule has 0 bridgehead atoms. The highest BCUT2D eigenvalue weighted by Gasteiger charge is 2.18. The lowest BCUT2D eigenvalue weighted by molar-refractivity contribution is -0.115. The Morgan fingerprint density at radius 3 is 2.35 bits per heavy atom. The fraction of sp³-hybridized carbons (Fsp3) is 0.214. The van der Waals surface area contributed by atoms with Gasteiger partial charge in [-0.2, -0.15) is 0 Å². The van der Waals surface area contributed by atoms with Crippen molar-refractivity contribution in [2.45, 2.75) is 40.0 Å². The molecule has 3 aromatic carbocycles. The number of pyridine rings is 1. The third-order valence-electron chi connectivity index (χ3n) is 5.79. The molecule has 0 saturated carbocycles. The number of nitrogens with one attached hydrogen (secondary N) is 1. The summed E-state index contributed by atoms with van der Waals surface area (Å²) in [6.07, 6.45) is 0.278. The van der Waals surface area contributed by atoms with Crippen LogP contribution in [0, 0.1) is 13.8 Å². The number of amides is 1. The first-order valence-corrected chi connectivity index (χ1v) is 10.8. The van der Waals surface area contributed by atoms with Gasteiger partial charge in [0.05, 0.1) is 11.9 Å². The van der Waals surface area contributed by atoms with Crippen molar-refractivity contribution in [3.8, 4) is 11.1 Å². The molecule has 156 valence electrons. The number of hydrogen-bond donors (Lipinski definition) is 1. The summed E-state index contributed by atoms with van der Waals surface area (Å²) in [5.41, 5.74) is 8.17. The summed E-state index contributed by atoms with van der Waals surface area (Å²) in [5, 5.41) is 4.27. The molecule has 1 N–H and O–H groups in total. The summed E-state index contributed by atoms with van der Waals surface area (Å²) in [6, 6.07) is 24.6. The SMILES string of the molecule is Cc1cccc(C(C)C)c1NC(=O)Cc1c(C)nc2ccccc2c1-c1ccccc1. The van der Waals surface area contributed by atoms with Gasteiger partial charge in [-0.3, -0.25) is 9.78 Å². The summed E-state index contributed by atoms with van der Waals surface area (Å²) in [4.78, 5) is 18.0. The average molecular weight is 409 g/mol. The van der Waals surface area contributed by atoms with Crippen LogP contribution in [0.5, 0.6) is 0 Å². The minimum absolute atomic E-state index is 0.0198. The molecule has 4 aromatic rings. The predicted octanol–water partition coefficient (Wildman–Crippen LogP) is 6.82. The average Bonchev–Trinajstić information content (AvgIpc) is 2.76. The van der Waals surface area contributed by atoms with Crippen LogP contribution < -0.4 is 5.32 Å². The number of nitrogens with zero attached hydrogens (tertiary/aromatic N) is 1. The van der Waals surface area contributed by atoms with Crippen molar-refractivity contribution in [2.24, 2.45) is 0 Å². The zero-order chi connectivity index (χ0) is 22.0. The van der Waals surface area contributed by atoms with E-state index in [2.05, 4.69) is 43.4 Å². The lowest BCUT2D eigenvalue weighted by atomic mass is 9.92. The molecule has 1 aromatic heterocycles. The van der Waals surface area contributed by atoms with Crippen LogP contribution in [0.2, 0.25) is 0 Å². The first kappa shape index (κ1) is 20.8. The second kappa shape index (κ2) is 8.73. The highest BCUT2D eigenvalue weighted by atomic mass is 16.1. The quantitative estimate of drug-likeness (QED) is 0.393. The highest BCUT2D eigenvalue weighted by molar-refractivity contribution is 6.00. The van der Waals surface area contributed by atoms with Gasteiger partial charge in [-0.15, -0.1) is 0 Å². The first-order chi connectivity index (χ1) is 15.0. The molecule has 3 nitrogen and oxygen atoms in total. The highest BCUT2D eigenvalue weighted by Crippen LogP contribution is 2.34. The first-order valence-electron chi connectivity index (χ1n) is 10.8. The summed E-state index contributed by atoms with van der Waals surface area (Å²) in [5.74, 6) is 0.313. The van der Waals surface area contributed by atoms with Crippen molar-refractivity contribution in [1.82, 2.24) is 4.98 Å². The van der Waals surface area contributed by atoms with Crippen LogP contribution in [-0.2, 0) is 11.2 Å². The van der Waals surface area contributed by atoms with E-state index in [0.29, 0.717) is 5.92 Å². The Kier molecular flexibility index (Phi) is 5.85. The second-order valence-corrected chi connectivity index (χ2v) is 8.35. The molecule has 0 aliphatic carbocycles. The van der Waals surface area contributed by atoms with Gasteiger partial charge >= 0.3 is 0 Å². The third kappa shape index (κ3) is 4.22. The van der Waals surface area contributed by atoms with Crippen molar-refractivity contribution in [3.05, 3.63) is 95.2 Å². The molecule has 0 radical (unpaired) electrons. The monoisotopic (exact) mass is 408 g/mol. The molecule has 0 spiro atoms. The molecule has 0 saturated heterocycles. The number of hydrogen-bond acceptors (Lipinski definition) is 2. The van der Waals surface area contributed by atoms with Crippen molar-refractivity contribution >= 4 is 22.5 Å². The van der Waals surface area contributed by atoms with Crippen LogP contribution in [0.25, 0.3) is 22.0 Å². The molecular weight excluding hydrogens is 380 g/mol. The topological polar surface area (TPSA) is 42.0 Å². The van der Waals surface area contributed by atoms with Gasteiger partial charge in [0.15, 0.2) is 0 Å². The fourth-order valence-corrected chi connectivity index (χ4v) is 4.21. The Morgan fingerprint density at radius 2 is 1.61 bits per heavy atom. The van der Waals surface area contributed by atoms with Crippen LogP contribution >= 0.6 is 0 Å². The molecule has 31 heavy (non-hydrogen) atoms. The van der Waals surface area contributed by atoms with E-state index in [9.17, 15) is 4.79 Å². The second-order valence-electron chi connectivity index (χ2n) is 8.35. The van der Waals surface area contributed by atoms with E-state index in [4.69, 9.17) is 4.98 Å². The number of rotatable bonds is 5. The number of fused-ring (bicyclic) bond motifs is 1. The third-order valence-corrected chi connectivity index (χ3v) is 5.79. The number of aromatic nitrogens is 1. The number of anilines is 1. The molecule has 0 fully saturated rings. The maximum Gasteiger partial charge on any atom is 0.228 e. The molecule has 1 amide bonds. The van der Waals surface area contributed by atoms with Crippen molar-refractivity contribution in [3.63, 3.8) is 0 Å². The Hall–Kier alpha value is -3.46. The van der Waals surface area contributed by atoms with Crippen LogP contribution in [0.1, 0.15) is 42.1 Å². The molecule has 3 heteroatoms. The van der Waals surface area contributed by atoms with Gasteiger partial charge in [-0.1, -0.05) is 80.6 Å². The Morgan fingerprint density at radius 1 is 0.903 bits per heavy atom. The molecule has 4 rings (SSSR count). The van der Waals surface area contributed by atoms with Gasteiger partial charge in [-0.05, 0) is 53.6 Å². The normalized spacial score (nSPS) is 11.1. The van der Waals surface area contributed by atoms with E-state index in [1.165, 1.54) is 0 Å². The molecular formula is C28H28N2O. The van der Waals surface area contributed by atoms with Gasteiger partial charge in [0.1, 0.15) is 0 Å². The van der Waals surface area contributed by atoms with E-state index in [1.54, 1.807) is 0 Å². The zero-order valence-electron chi connectivity index (χ0n) is 18.6. The maximum atomic E-state index is 13.2. The predicted molar refractivity (Wildman–Crippen MR) is 130 cm³/mol. The molecule has 0 atom stereocenters. The minimum Gasteiger partial charge on any atom is -0.325 e. The van der Waals surface area contributed by atoms with Gasteiger partial charge < -0.3 is 5.32 Å². The summed E-state index contributed by atoms with van der Waals surface area (Å²) >= 11 is 0. The minimum atomic E-state index is -0.0198. The molecule has 0 aliphatic rings. The van der Waals surface area contributed by atoms with Crippen molar-refractivity contribution < 1.29 is 4.79 Å². The number of benzene rings is 3. The Labute approximate surface area is 184 Å². The number of para-hydroxylation sites is 2. The number of carbonyl (C=O) groups excluding carboxylic acids is 1. The standard InChI is InChI=1S/C28H28N2O/c1-18(2)22-15-10-11-19(3)28(22)30-26(31)17-24-20(4)29-25-16-9-8-14-23(25)27(24)21-12-6-5-7-13-21/h5-16,18H,17H2,1-4H3,(H,30,31). The number of carbonyl (C=O) groups is 1. The van der Waals surface area contributed by atoms with Gasteiger partial charge in [0.2, 0.25) is 5.91 Å². The Bertz CT molecular complexity index is 1240. The lowest BCUT2D eigenvalue weighted by Gasteiger charge is -2.19. The molecule has 0 unspecified atom stereocenters. The number of aryl methyl sites for hydroxylation is 2. The smallest absolute Gasteiger partial charge is 0.228 e. The van der Waals surface area contributed by atoms with Crippen molar-refractivity contribution in [2.75, 3.05) is 5.32 Å². The van der Waals surface area contributed by atoms with Crippen molar-refractivity contribution in [1.29, 1.82) is 0 Å². The van der Waals surface area contributed by atoms with E-state index in [1.807, 2.05) is 62.4 Å². The maximum absolute atomic E-state index is 13.2.